The van der Waals surface area contributed by atoms with Gasteiger partial charge in [-0.3, -0.25) is 0 Å². The van der Waals surface area contributed by atoms with Gasteiger partial charge < -0.3 is 5.32 Å². The van der Waals surface area contributed by atoms with Gasteiger partial charge in [0.25, 0.3) is 0 Å². The highest BCUT2D eigenvalue weighted by Crippen LogP contribution is 2.32. The van der Waals surface area contributed by atoms with Gasteiger partial charge in [-0.2, -0.15) is 0 Å². The molecule has 0 saturated carbocycles. The fraction of sp³-hybridized carbons (Fsp3) is 0.727. The summed E-state index contributed by atoms with van der Waals surface area (Å²) < 4.78 is 0. The monoisotopic (exact) mass is 323 g/mol. The van der Waals surface area contributed by atoms with Crippen molar-refractivity contribution >= 4 is 0 Å². The highest BCUT2D eigenvalue weighted by Gasteiger charge is 2.28. The Kier molecular flexibility index (Phi) is 17.3. The molecular formula is C22H45N. The molecule has 1 heteroatoms. The fourth-order valence-corrected chi connectivity index (χ4v) is 2.30. The van der Waals surface area contributed by atoms with Crippen LogP contribution >= 0.6 is 0 Å². The van der Waals surface area contributed by atoms with Gasteiger partial charge in [0.1, 0.15) is 0 Å². The molecule has 0 radical (unpaired) electrons. The van der Waals surface area contributed by atoms with Crippen molar-refractivity contribution in [2.24, 2.45) is 0 Å². The molecule has 1 aromatic carbocycles. The first-order chi connectivity index (χ1) is 10.7. The van der Waals surface area contributed by atoms with Crippen molar-refractivity contribution in [3.63, 3.8) is 0 Å². The van der Waals surface area contributed by atoms with E-state index in [0.29, 0.717) is 0 Å². The van der Waals surface area contributed by atoms with Crippen molar-refractivity contribution < 1.29 is 0 Å². The molecule has 0 atom stereocenters. The fourth-order valence-electron chi connectivity index (χ4n) is 2.30. The SMILES string of the molecule is CC.CC.CCC.CNC(C)(C)CC(C)(C)c1ccc(C)cc1. The van der Waals surface area contributed by atoms with Crippen LogP contribution < -0.4 is 5.32 Å². The third-order valence-electron chi connectivity index (χ3n) is 3.39. The van der Waals surface area contributed by atoms with Crippen LogP contribution in [0.4, 0.5) is 0 Å². The highest BCUT2D eigenvalue weighted by molar-refractivity contribution is 5.28. The van der Waals surface area contributed by atoms with Crippen molar-refractivity contribution in [3.8, 4) is 0 Å². The van der Waals surface area contributed by atoms with Gasteiger partial charge in [0.2, 0.25) is 0 Å². The van der Waals surface area contributed by atoms with Crippen LogP contribution in [0.1, 0.15) is 93.2 Å². The normalized spacial score (nSPS) is 10.3. The van der Waals surface area contributed by atoms with Gasteiger partial charge in [0.05, 0.1) is 0 Å². The van der Waals surface area contributed by atoms with Crippen molar-refractivity contribution in [2.45, 2.75) is 100.0 Å². The van der Waals surface area contributed by atoms with Gasteiger partial charge in [-0.05, 0) is 45.2 Å². The van der Waals surface area contributed by atoms with Gasteiger partial charge in [0.15, 0.2) is 0 Å². The van der Waals surface area contributed by atoms with E-state index in [-0.39, 0.29) is 11.0 Å². The second-order valence-corrected chi connectivity index (χ2v) is 6.77. The summed E-state index contributed by atoms with van der Waals surface area (Å²) in [6, 6.07) is 8.90. The lowest BCUT2D eigenvalue weighted by molar-refractivity contribution is 0.305. The Morgan fingerprint density at radius 1 is 0.826 bits per heavy atom. The maximum atomic E-state index is 3.38. The summed E-state index contributed by atoms with van der Waals surface area (Å²) in [5.74, 6) is 0. The largest absolute Gasteiger partial charge is 0.315 e. The molecule has 0 unspecified atom stereocenters. The molecule has 0 heterocycles. The number of nitrogens with one attached hydrogen (secondary N) is 1. The molecule has 0 aliphatic rings. The Morgan fingerprint density at radius 2 is 1.17 bits per heavy atom. The molecule has 1 rings (SSSR count). The predicted molar refractivity (Wildman–Crippen MR) is 111 cm³/mol. The van der Waals surface area contributed by atoms with Crippen molar-refractivity contribution in [2.75, 3.05) is 7.05 Å². The first kappa shape index (κ1) is 27.0. The number of hydrogen-bond acceptors (Lipinski definition) is 1. The molecule has 23 heavy (non-hydrogen) atoms. The Balaban J connectivity index is -0.000000496. The number of aryl methyl sites for hydroxylation is 1. The molecule has 0 fully saturated rings. The van der Waals surface area contributed by atoms with Crippen LogP contribution in [0.25, 0.3) is 0 Å². The van der Waals surface area contributed by atoms with Crippen LogP contribution in [0.3, 0.4) is 0 Å². The minimum absolute atomic E-state index is 0.175. The van der Waals surface area contributed by atoms with E-state index in [1.165, 1.54) is 17.5 Å². The van der Waals surface area contributed by atoms with Crippen molar-refractivity contribution in [3.05, 3.63) is 35.4 Å². The van der Waals surface area contributed by atoms with Crippen molar-refractivity contribution in [1.82, 2.24) is 5.32 Å². The van der Waals surface area contributed by atoms with Crippen LogP contribution in [-0.4, -0.2) is 12.6 Å². The zero-order valence-electron chi connectivity index (χ0n) is 18.2. The van der Waals surface area contributed by atoms with Crippen LogP contribution in [0, 0.1) is 6.92 Å². The van der Waals surface area contributed by atoms with Gasteiger partial charge in [-0.1, -0.05) is 91.6 Å². The minimum atomic E-state index is 0.175. The standard InChI is InChI=1S/C15H25N.C3H8.2C2H6/c1-12-7-9-13(10-8-12)14(2,3)11-15(4,5)16-6;1-3-2;2*1-2/h7-10,16H,11H2,1-6H3;3H2,1-2H3;2*1-2H3. The Labute approximate surface area is 148 Å². The first-order valence-electron chi connectivity index (χ1n) is 9.44. The van der Waals surface area contributed by atoms with Crippen molar-refractivity contribution in [1.29, 1.82) is 0 Å². The van der Waals surface area contributed by atoms with E-state index in [2.05, 4.69) is 78.0 Å². The van der Waals surface area contributed by atoms with Crippen LogP contribution in [0.15, 0.2) is 24.3 Å². The molecule has 138 valence electrons. The lowest BCUT2D eigenvalue weighted by Crippen LogP contribution is -2.41. The lowest BCUT2D eigenvalue weighted by Gasteiger charge is -2.35. The Morgan fingerprint density at radius 3 is 1.48 bits per heavy atom. The zero-order valence-corrected chi connectivity index (χ0v) is 18.2. The summed E-state index contributed by atoms with van der Waals surface area (Å²) in [7, 11) is 2.03. The Bertz CT molecular complexity index is 347. The first-order valence-corrected chi connectivity index (χ1v) is 9.44. The lowest BCUT2D eigenvalue weighted by atomic mass is 9.75. The zero-order chi connectivity index (χ0) is 19.1. The summed E-state index contributed by atoms with van der Waals surface area (Å²) >= 11 is 0. The van der Waals surface area contributed by atoms with E-state index in [4.69, 9.17) is 0 Å². The molecule has 0 bridgehead atoms. The van der Waals surface area contributed by atoms with E-state index in [9.17, 15) is 0 Å². The molecule has 0 aromatic heterocycles. The van der Waals surface area contributed by atoms with Gasteiger partial charge >= 0.3 is 0 Å². The number of hydrogen-bond donors (Lipinski definition) is 1. The summed E-state index contributed by atoms with van der Waals surface area (Å²) in [5, 5.41) is 3.38. The quantitative estimate of drug-likeness (QED) is 0.621. The maximum absolute atomic E-state index is 3.38. The van der Waals surface area contributed by atoms with E-state index >= 15 is 0 Å². The number of rotatable bonds is 4. The topological polar surface area (TPSA) is 12.0 Å². The van der Waals surface area contributed by atoms with Crippen LogP contribution in [-0.2, 0) is 5.41 Å². The molecule has 0 spiro atoms. The highest BCUT2D eigenvalue weighted by atomic mass is 14.9. The molecular weight excluding hydrogens is 278 g/mol. The summed E-state index contributed by atoms with van der Waals surface area (Å²) in [4.78, 5) is 0. The van der Waals surface area contributed by atoms with Gasteiger partial charge in [-0.15, -0.1) is 0 Å². The summed E-state index contributed by atoms with van der Waals surface area (Å²) in [6.45, 7) is 23.5. The van der Waals surface area contributed by atoms with E-state index in [0.717, 1.165) is 6.42 Å². The molecule has 0 aliphatic carbocycles. The molecule has 0 saturated heterocycles. The third kappa shape index (κ3) is 13.3. The van der Waals surface area contributed by atoms with E-state index < -0.39 is 0 Å². The van der Waals surface area contributed by atoms with Crippen LogP contribution in [0.2, 0.25) is 0 Å². The van der Waals surface area contributed by atoms with E-state index in [1.807, 2.05) is 34.7 Å². The second-order valence-electron chi connectivity index (χ2n) is 6.77. The van der Waals surface area contributed by atoms with E-state index in [1.54, 1.807) is 0 Å². The number of benzene rings is 1. The maximum Gasteiger partial charge on any atom is 0.0130 e. The Hall–Kier alpha value is -0.820. The minimum Gasteiger partial charge on any atom is -0.315 e. The molecule has 1 nitrogen and oxygen atoms in total. The molecule has 0 aliphatic heterocycles. The molecule has 1 N–H and O–H groups in total. The van der Waals surface area contributed by atoms with Crippen LogP contribution in [0.5, 0.6) is 0 Å². The van der Waals surface area contributed by atoms with Gasteiger partial charge in [0, 0.05) is 5.54 Å². The average Bonchev–Trinajstić information content (AvgIpc) is 2.51. The molecule has 0 amide bonds. The summed E-state index contributed by atoms with van der Waals surface area (Å²) in [5.41, 5.74) is 3.13. The average molecular weight is 324 g/mol. The second kappa shape index (κ2) is 14.8. The van der Waals surface area contributed by atoms with Gasteiger partial charge in [-0.25, -0.2) is 0 Å². The molecule has 1 aromatic rings. The third-order valence-corrected chi connectivity index (χ3v) is 3.39. The predicted octanol–water partition coefficient (Wildman–Crippen LogP) is 7.13. The smallest absolute Gasteiger partial charge is 0.0130 e. The summed E-state index contributed by atoms with van der Waals surface area (Å²) in [6.07, 6.45) is 2.37.